The highest BCUT2D eigenvalue weighted by atomic mass is 35.5. The number of methoxy groups -OCH3 is 2. The van der Waals surface area contributed by atoms with Gasteiger partial charge in [-0.2, -0.15) is 0 Å². The molecule has 23 heavy (non-hydrogen) atoms. The van der Waals surface area contributed by atoms with Crippen LogP contribution in [-0.2, 0) is 6.61 Å². The molecule has 0 spiro atoms. The average Bonchev–Trinajstić information content (AvgIpc) is 2.95. The van der Waals surface area contributed by atoms with E-state index in [2.05, 4.69) is 10.3 Å². The molecule has 0 aliphatic carbocycles. The van der Waals surface area contributed by atoms with Crippen LogP contribution in [0.25, 0.3) is 11.0 Å². The monoisotopic (exact) mass is 333 g/mol. The quantitative estimate of drug-likeness (QED) is 0.718. The van der Waals surface area contributed by atoms with Crippen molar-refractivity contribution in [3.05, 3.63) is 46.5 Å². The number of halogens is 1. The number of benzene rings is 2. The number of aryl methyl sites for hydroxylation is 1. The van der Waals surface area contributed by atoms with Gasteiger partial charge in [0.25, 0.3) is 0 Å². The van der Waals surface area contributed by atoms with Crippen molar-refractivity contribution in [3.63, 3.8) is 0 Å². The first-order valence-corrected chi connectivity index (χ1v) is 7.36. The van der Waals surface area contributed by atoms with E-state index in [1.807, 2.05) is 19.1 Å². The van der Waals surface area contributed by atoms with Crippen molar-refractivity contribution in [3.8, 4) is 11.5 Å². The number of nitrogens with zero attached hydrogens (tertiary/aromatic N) is 3. The summed E-state index contributed by atoms with van der Waals surface area (Å²) in [6.45, 7) is 2.30. The molecule has 7 heteroatoms. The van der Waals surface area contributed by atoms with Crippen molar-refractivity contribution in [2.24, 2.45) is 0 Å². The van der Waals surface area contributed by atoms with Gasteiger partial charge in [0.15, 0.2) is 11.5 Å². The first-order chi connectivity index (χ1) is 11.1. The maximum absolute atomic E-state index is 6.01. The minimum Gasteiger partial charge on any atom is -0.493 e. The van der Waals surface area contributed by atoms with Crippen LogP contribution in [0.4, 0.5) is 0 Å². The summed E-state index contributed by atoms with van der Waals surface area (Å²) < 4.78 is 10.6. The highest BCUT2D eigenvalue weighted by Crippen LogP contribution is 2.30. The van der Waals surface area contributed by atoms with E-state index in [-0.39, 0.29) is 0 Å². The van der Waals surface area contributed by atoms with Gasteiger partial charge in [0.2, 0.25) is 0 Å². The van der Waals surface area contributed by atoms with Crippen LogP contribution in [0.5, 0.6) is 11.5 Å². The zero-order valence-electron chi connectivity index (χ0n) is 13.0. The summed E-state index contributed by atoms with van der Waals surface area (Å²) in [7, 11) is 3.21. The molecule has 0 aliphatic heterocycles. The topological polar surface area (TPSA) is 58.4 Å². The Morgan fingerprint density at radius 3 is 2.57 bits per heavy atom. The van der Waals surface area contributed by atoms with Crippen LogP contribution in [0, 0.1) is 6.92 Å². The summed E-state index contributed by atoms with van der Waals surface area (Å²) in [5.74, 6) is 1.34. The van der Waals surface area contributed by atoms with Gasteiger partial charge in [0.05, 0.1) is 14.2 Å². The van der Waals surface area contributed by atoms with Crippen LogP contribution >= 0.6 is 11.6 Å². The number of ether oxygens (including phenoxy) is 2. The summed E-state index contributed by atoms with van der Waals surface area (Å²) in [6.07, 6.45) is 0. The van der Waals surface area contributed by atoms with Gasteiger partial charge >= 0.3 is 0 Å². The highest BCUT2D eigenvalue weighted by Gasteiger charge is 2.11. The molecule has 0 unspecified atom stereocenters. The second-order valence-corrected chi connectivity index (χ2v) is 5.44. The molecular weight excluding hydrogens is 318 g/mol. The van der Waals surface area contributed by atoms with Gasteiger partial charge < -0.3 is 14.3 Å². The Morgan fingerprint density at radius 2 is 1.83 bits per heavy atom. The number of rotatable bonds is 5. The Labute approximate surface area is 138 Å². The van der Waals surface area contributed by atoms with E-state index in [1.54, 1.807) is 32.4 Å². The first kappa shape index (κ1) is 15.4. The van der Waals surface area contributed by atoms with Crippen molar-refractivity contribution >= 4 is 22.6 Å². The summed E-state index contributed by atoms with van der Waals surface area (Å²) in [4.78, 5) is 7.11. The summed E-state index contributed by atoms with van der Waals surface area (Å²) >= 11 is 6.01. The average molecular weight is 334 g/mol. The fraction of sp³-hybridized carbons (Fsp3) is 0.250. The Hall–Kier alpha value is -2.47. The molecule has 0 aliphatic rings. The first-order valence-electron chi connectivity index (χ1n) is 6.98. The van der Waals surface area contributed by atoms with E-state index in [0.29, 0.717) is 23.1 Å². The number of fused-ring (bicyclic) bond motifs is 1. The maximum Gasteiger partial charge on any atom is 0.161 e. The van der Waals surface area contributed by atoms with Gasteiger partial charge in [-0.1, -0.05) is 16.4 Å². The highest BCUT2D eigenvalue weighted by molar-refractivity contribution is 6.31. The third-order valence-electron chi connectivity index (χ3n) is 3.56. The SMILES string of the molecule is COc1cc(C)c(COn2nnc3ccc(Cl)cc32)cc1OC. The predicted octanol–water partition coefficient (Wildman–Crippen LogP) is 3.04. The van der Waals surface area contributed by atoms with Crippen LogP contribution in [0.2, 0.25) is 5.02 Å². The number of hydrogen-bond acceptors (Lipinski definition) is 5. The molecule has 1 heterocycles. The molecule has 120 valence electrons. The Morgan fingerprint density at radius 1 is 1.09 bits per heavy atom. The van der Waals surface area contributed by atoms with E-state index in [1.165, 1.54) is 4.85 Å². The fourth-order valence-electron chi connectivity index (χ4n) is 2.28. The molecule has 2 aromatic carbocycles. The molecule has 0 bridgehead atoms. The van der Waals surface area contributed by atoms with Crippen molar-refractivity contribution in [2.45, 2.75) is 13.5 Å². The molecule has 0 saturated carbocycles. The number of hydrogen-bond donors (Lipinski definition) is 0. The van der Waals surface area contributed by atoms with Crippen molar-refractivity contribution in [1.29, 1.82) is 0 Å². The van der Waals surface area contributed by atoms with E-state index >= 15 is 0 Å². The fourth-order valence-corrected chi connectivity index (χ4v) is 2.44. The van der Waals surface area contributed by atoms with E-state index in [9.17, 15) is 0 Å². The van der Waals surface area contributed by atoms with Gasteiger partial charge in [0, 0.05) is 5.02 Å². The molecule has 1 aromatic heterocycles. The predicted molar refractivity (Wildman–Crippen MR) is 87.1 cm³/mol. The lowest BCUT2D eigenvalue weighted by Crippen LogP contribution is -2.13. The molecule has 0 amide bonds. The van der Waals surface area contributed by atoms with Crippen LogP contribution in [-0.4, -0.2) is 29.4 Å². The molecular formula is C16H16ClN3O3. The van der Waals surface area contributed by atoms with Gasteiger partial charge in [0.1, 0.15) is 17.6 Å². The minimum absolute atomic E-state index is 0.317. The van der Waals surface area contributed by atoms with E-state index in [0.717, 1.165) is 22.2 Å². The van der Waals surface area contributed by atoms with Crippen molar-refractivity contribution in [1.82, 2.24) is 15.2 Å². The zero-order valence-corrected chi connectivity index (χ0v) is 13.8. The maximum atomic E-state index is 6.01. The lowest BCUT2D eigenvalue weighted by atomic mass is 10.1. The summed E-state index contributed by atoms with van der Waals surface area (Å²) in [6, 6.07) is 9.13. The zero-order chi connectivity index (χ0) is 16.4. The molecule has 0 fully saturated rings. The summed E-state index contributed by atoms with van der Waals surface area (Å²) in [5.41, 5.74) is 3.44. The Kier molecular flexibility index (Phi) is 4.25. The van der Waals surface area contributed by atoms with Crippen LogP contribution in [0.1, 0.15) is 11.1 Å². The molecule has 6 nitrogen and oxygen atoms in total. The largest absolute Gasteiger partial charge is 0.493 e. The molecule has 3 aromatic rings. The molecule has 0 atom stereocenters. The lowest BCUT2D eigenvalue weighted by molar-refractivity contribution is 0.0747. The Balaban J connectivity index is 1.86. The Bertz CT molecular complexity index is 848. The normalized spacial score (nSPS) is 10.8. The second-order valence-electron chi connectivity index (χ2n) is 5.00. The summed E-state index contributed by atoms with van der Waals surface area (Å²) in [5, 5.41) is 8.63. The third kappa shape index (κ3) is 3.03. The van der Waals surface area contributed by atoms with Crippen LogP contribution in [0.15, 0.2) is 30.3 Å². The van der Waals surface area contributed by atoms with Crippen molar-refractivity contribution < 1.29 is 14.3 Å². The smallest absolute Gasteiger partial charge is 0.161 e. The molecule has 0 saturated heterocycles. The standard InChI is InChI=1S/C16H16ClN3O3/c1-10-6-15(21-2)16(22-3)7-11(10)9-23-20-14-8-12(17)4-5-13(14)18-19-20/h4-8H,9H2,1-3H3. The van der Waals surface area contributed by atoms with Crippen LogP contribution in [0.3, 0.4) is 0 Å². The van der Waals surface area contributed by atoms with E-state index < -0.39 is 0 Å². The van der Waals surface area contributed by atoms with Crippen molar-refractivity contribution in [2.75, 3.05) is 14.2 Å². The van der Waals surface area contributed by atoms with Gasteiger partial charge in [-0.3, -0.25) is 0 Å². The van der Waals surface area contributed by atoms with Gasteiger partial charge in [-0.25, -0.2) is 0 Å². The van der Waals surface area contributed by atoms with Gasteiger partial charge in [-0.15, -0.1) is 5.10 Å². The molecule has 0 radical (unpaired) electrons. The van der Waals surface area contributed by atoms with Gasteiger partial charge in [-0.05, 0) is 53.6 Å². The minimum atomic E-state index is 0.317. The second kappa shape index (κ2) is 6.34. The molecule has 3 rings (SSSR count). The number of aromatic nitrogens is 3. The molecule has 0 N–H and O–H groups in total. The van der Waals surface area contributed by atoms with E-state index in [4.69, 9.17) is 25.9 Å². The lowest BCUT2D eigenvalue weighted by Gasteiger charge is -2.13. The third-order valence-corrected chi connectivity index (χ3v) is 3.80. The van der Waals surface area contributed by atoms with Crippen LogP contribution < -0.4 is 14.3 Å².